The molecule has 0 amide bonds. The van der Waals surface area contributed by atoms with Crippen molar-refractivity contribution in [1.29, 1.82) is 0 Å². The van der Waals surface area contributed by atoms with Crippen LogP contribution in [0.2, 0.25) is 0 Å². The third-order valence-electron chi connectivity index (χ3n) is 4.37. The lowest BCUT2D eigenvalue weighted by Crippen LogP contribution is -2.26. The molecular weight excluding hydrogens is 312 g/mol. The molecule has 1 aliphatic heterocycles. The van der Waals surface area contributed by atoms with Crippen LogP contribution in [0.5, 0.6) is 0 Å². The summed E-state index contributed by atoms with van der Waals surface area (Å²) in [5, 5.41) is 0. The summed E-state index contributed by atoms with van der Waals surface area (Å²) >= 11 is 3.60. The number of nitrogens with two attached hydrogens (primary N) is 1. The molecular formula is C17H27BrN2. The van der Waals surface area contributed by atoms with E-state index in [9.17, 15) is 0 Å². The van der Waals surface area contributed by atoms with Crippen molar-refractivity contribution in [2.75, 3.05) is 18.0 Å². The van der Waals surface area contributed by atoms with Gasteiger partial charge in [-0.1, -0.05) is 41.8 Å². The minimum atomic E-state index is 0.0905. The lowest BCUT2D eigenvalue weighted by molar-refractivity contribution is 0.435. The van der Waals surface area contributed by atoms with Gasteiger partial charge >= 0.3 is 0 Å². The Balaban J connectivity index is 2.16. The predicted molar refractivity (Wildman–Crippen MR) is 91.2 cm³/mol. The average molecular weight is 339 g/mol. The lowest BCUT2D eigenvalue weighted by Gasteiger charge is -2.27. The van der Waals surface area contributed by atoms with Crippen molar-refractivity contribution < 1.29 is 0 Å². The van der Waals surface area contributed by atoms with Gasteiger partial charge in [0.25, 0.3) is 0 Å². The number of hydrogen-bond donors (Lipinski definition) is 1. The monoisotopic (exact) mass is 338 g/mol. The number of nitrogens with zero attached hydrogens (tertiary/aromatic N) is 1. The zero-order valence-corrected chi connectivity index (χ0v) is 14.3. The van der Waals surface area contributed by atoms with Gasteiger partial charge in [-0.05, 0) is 49.8 Å². The highest BCUT2D eigenvalue weighted by atomic mass is 79.9. The summed E-state index contributed by atoms with van der Waals surface area (Å²) in [7, 11) is 0. The van der Waals surface area contributed by atoms with Crippen LogP contribution in [0.1, 0.15) is 57.6 Å². The zero-order valence-electron chi connectivity index (χ0n) is 12.7. The van der Waals surface area contributed by atoms with Gasteiger partial charge in [-0.25, -0.2) is 0 Å². The van der Waals surface area contributed by atoms with Gasteiger partial charge in [0.1, 0.15) is 0 Å². The van der Waals surface area contributed by atoms with Gasteiger partial charge < -0.3 is 10.6 Å². The van der Waals surface area contributed by atoms with E-state index in [0.717, 1.165) is 16.9 Å². The molecule has 2 atom stereocenters. The van der Waals surface area contributed by atoms with Crippen LogP contribution < -0.4 is 10.6 Å². The molecule has 2 nitrogen and oxygen atoms in total. The maximum Gasteiger partial charge on any atom is 0.0425 e. The highest BCUT2D eigenvalue weighted by Crippen LogP contribution is 2.32. The Morgan fingerprint density at radius 3 is 2.85 bits per heavy atom. The second-order valence-corrected chi connectivity index (χ2v) is 6.98. The van der Waals surface area contributed by atoms with Crippen LogP contribution >= 0.6 is 15.9 Å². The standard InChI is InChI=1S/C17H27BrN2/c1-3-5-14-6-4-10-20(11-9-14)17-12-15(18)7-8-16(17)13(2)19/h7-8,12-14H,3-6,9-11,19H2,1-2H3. The Labute approximate surface area is 131 Å². The Hall–Kier alpha value is -0.540. The molecule has 1 aromatic rings. The molecule has 1 fully saturated rings. The van der Waals surface area contributed by atoms with Gasteiger partial charge in [0.05, 0.1) is 0 Å². The SMILES string of the molecule is CCCC1CCCN(c2cc(Br)ccc2C(C)N)CC1. The van der Waals surface area contributed by atoms with Crippen LogP contribution in [0, 0.1) is 5.92 Å². The van der Waals surface area contributed by atoms with E-state index in [0.29, 0.717) is 0 Å². The highest BCUT2D eigenvalue weighted by Gasteiger charge is 2.19. The molecule has 112 valence electrons. The molecule has 1 aliphatic rings. The van der Waals surface area contributed by atoms with E-state index < -0.39 is 0 Å². The molecule has 0 bridgehead atoms. The molecule has 20 heavy (non-hydrogen) atoms. The summed E-state index contributed by atoms with van der Waals surface area (Å²) in [6, 6.07) is 6.59. The van der Waals surface area contributed by atoms with Crippen molar-refractivity contribution in [2.45, 2.75) is 52.0 Å². The first kappa shape index (κ1) is 15.8. The molecule has 1 heterocycles. The summed E-state index contributed by atoms with van der Waals surface area (Å²) in [4.78, 5) is 2.54. The Morgan fingerprint density at radius 1 is 1.35 bits per heavy atom. The molecule has 3 heteroatoms. The fraction of sp³-hybridized carbons (Fsp3) is 0.647. The molecule has 2 rings (SSSR count). The topological polar surface area (TPSA) is 29.3 Å². The van der Waals surface area contributed by atoms with Crippen molar-refractivity contribution in [1.82, 2.24) is 0 Å². The molecule has 0 aliphatic carbocycles. The van der Waals surface area contributed by atoms with Crippen LogP contribution in [-0.2, 0) is 0 Å². The Morgan fingerprint density at radius 2 is 2.15 bits per heavy atom. The van der Waals surface area contributed by atoms with Crippen LogP contribution in [0.25, 0.3) is 0 Å². The minimum Gasteiger partial charge on any atom is -0.371 e. The molecule has 0 spiro atoms. The van der Waals surface area contributed by atoms with Crippen LogP contribution in [-0.4, -0.2) is 13.1 Å². The number of rotatable bonds is 4. The maximum atomic E-state index is 6.14. The van der Waals surface area contributed by atoms with E-state index >= 15 is 0 Å². The fourth-order valence-corrected chi connectivity index (χ4v) is 3.63. The molecule has 1 saturated heterocycles. The lowest BCUT2D eigenvalue weighted by atomic mass is 9.96. The molecule has 0 aromatic heterocycles. The average Bonchev–Trinajstić information content (AvgIpc) is 2.64. The van der Waals surface area contributed by atoms with E-state index in [4.69, 9.17) is 5.73 Å². The van der Waals surface area contributed by atoms with Crippen molar-refractivity contribution >= 4 is 21.6 Å². The van der Waals surface area contributed by atoms with Crippen molar-refractivity contribution in [3.8, 4) is 0 Å². The third kappa shape index (κ3) is 3.98. The Bertz CT molecular complexity index is 431. The Kier molecular flexibility index (Phi) is 5.91. The second kappa shape index (κ2) is 7.46. The smallest absolute Gasteiger partial charge is 0.0425 e. The third-order valence-corrected chi connectivity index (χ3v) is 4.86. The molecule has 2 N–H and O–H groups in total. The van der Waals surface area contributed by atoms with Crippen LogP contribution in [0.3, 0.4) is 0 Å². The number of benzene rings is 1. The second-order valence-electron chi connectivity index (χ2n) is 6.06. The summed E-state index contributed by atoms with van der Waals surface area (Å²) in [5.41, 5.74) is 8.73. The van der Waals surface area contributed by atoms with Gasteiger partial charge in [-0.15, -0.1) is 0 Å². The van der Waals surface area contributed by atoms with Gasteiger partial charge in [0, 0.05) is 29.3 Å². The predicted octanol–water partition coefficient (Wildman–Crippen LogP) is 4.88. The van der Waals surface area contributed by atoms with Crippen molar-refractivity contribution in [3.05, 3.63) is 28.2 Å². The maximum absolute atomic E-state index is 6.14. The van der Waals surface area contributed by atoms with Gasteiger partial charge in [0.15, 0.2) is 0 Å². The van der Waals surface area contributed by atoms with E-state index in [2.05, 4.69) is 52.9 Å². The summed E-state index contributed by atoms with van der Waals surface area (Å²) in [5.74, 6) is 0.913. The fourth-order valence-electron chi connectivity index (χ4n) is 3.28. The van der Waals surface area contributed by atoms with Gasteiger partial charge in [0.2, 0.25) is 0 Å². The van der Waals surface area contributed by atoms with E-state index in [1.165, 1.54) is 49.9 Å². The summed E-state index contributed by atoms with van der Waals surface area (Å²) in [6.07, 6.45) is 6.69. The van der Waals surface area contributed by atoms with Crippen LogP contribution in [0.15, 0.2) is 22.7 Å². The molecule has 1 aromatic carbocycles. The zero-order chi connectivity index (χ0) is 14.5. The van der Waals surface area contributed by atoms with E-state index in [1.807, 2.05) is 0 Å². The highest BCUT2D eigenvalue weighted by molar-refractivity contribution is 9.10. The van der Waals surface area contributed by atoms with Crippen molar-refractivity contribution in [3.63, 3.8) is 0 Å². The van der Waals surface area contributed by atoms with Crippen molar-refractivity contribution in [2.24, 2.45) is 11.7 Å². The quantitative estimate of drug-likeness (QED) is 0.847. The van der Waals surface area contributed by atoms with Crippen LogP contribution in [0.4, 0.5) is 5.69 Å². The van der Waals surface area contributed by atoms with E-state index in [1.54, 1.807) is 0 Å². The first-order valence-electron chi connectivity index (χ1n) is 7.91. The summed E-state index contributed by atoms with van der Waals surface area (Å²) < 4.78 is 1.14. The van der Waals surface area contributed by atoms with Gasteiger partial charge in [-0.3, -0.25) is 0 Å². The first-order chi connectivity index (χ1) is 9.61. The van der Waals surface area contributed by atoms with Gasteiger partial charge in [-0.2, -0.15) is 0 Å². The summed E-state index contributed by atoms with van der Waals surface area (Å²) in [6.45, 7) is 6.70. The number of halogens is 1. The number of anilines is 1. The molecule has 0 saturated carbocycles. The molecule has 0 radical (unpaired) electrons. The first-order valence-corrected chi connectivity index (χ1v) is 8.71. The number of hydrogen-bond acceptors (Lipinski definition) is 2. The largest absolute Gasteiger partial charge is 0.371 e. The molecule has 2 unspecified atom stereocenters. The minimum absolute atomic E-state index is 0.0905. The van der Waals surface area contributed by atoms with E-state index in [-0.39, 0.29) is 6.04 Å². The normalized spacial score (nSPS) is 21.6.